The van der Waals surface area contributed by atoms with Gasteiger partial charge in [0.25, 0.3) is 0 Å². The van der Waals surface area contributed by atoms with Gasteiger partial charge in [-0.2, -0.15) is 0 Å². The Hall–Kier alpha value is -1.86. The van der Waals surface area contributed by atoms with Crippen LogP contribution in [0, 0.1) is 0 Å². The Kier molecular flexibility index (Phi) is 5.07. The highest BCUT2D eigenvalue weighted by molar-refractivity contribution is 7.15. The van der Waals surface area contributed by atoms with Crippen molar-refractivity contribution in [3.8, 4) is 0 Å². The minimum absolute atomic E-state index is 0.586. The number of thiazole rings is 1. The summed E-state index contributed by atoms with van der Waals surface area (Å²) >= 11 is 3.43. The number of thiophene rings is 1. The van der Waals surface area contributed by atoms with Crippen molar-refractivity contribution in [2.45, 2.75) is 19.9 Å². The first-order valence-corrected chi connectivity index (χ1v) is 9.06. The topological polar surface area (TPSA) is 53.7 Å². The van der Waals surface area contributed by atoms with E-state index in [9.17, 15) is 0 Å². The molecular weight excluding hydrogens is 314 g/mol. The van der Waals surface area contributed by atoms with Crippen molar-refractivity contribution in [1.82, 2.24) is 20.0 Å². The van der Waals surface area contributed by atoms with Crippen LogP contribution in [0.5, 0.6) is 0 Å². The van der Waals surface area contributed by atoms with Gasteiger partial charge in [0.05, 0.1) is 12.2 Å². The molecule has 0 unspecified atom stereocenters. The molecule has 0 atom stereocenters. The lowest BCUT2D eigenvalue weighted by atomic mass is 10.3. The second-order valence-corrected chi connectivity index (χ2v) is 6.68. The number of nitrogens with one attached hydrogen (secondary N) is 2. The molecule has 3 aromatic rings. The van der Waals surface area contributed by atoms with Crippen LogP contribution < -0.4 is 10.6 Å². The third-order valence-corrected chi connectivity index (χ3v) is 4.84. The van der Waals surface area contributed by atoms with E-state index in [2.05, 4.69) is 45.0 Å². The van der Waals surface area contributed by atoms with Crippen LogP contribution in [0.3, 0.4) is 0 Å². The van der Waals surface area contributed by atoms with Crippen LogP contribution in [0.1, 0.15) is 17.5 Å². The molecule has 3 rings (SSSR count). The van der Waals surface area contributed by atoms with E-state index >= 15 is 0 Å². The number of hydrogen-bond donors (Lipinski definition) is 2. The number of nitrogens with zero attached hydrogens (tertiary/aromatic N) is 3. The number of guanidine groups is 1. The number of aliphatic imine (C=N–C) groups is 1. The molecule has 116 valence electrons. The van der Waals surface area contributed by atoms with Crippen molar-refractivity contribution in [2.24, 2.45) is 4.99 Å². The van der Waals surface area contributed by atoms with Gasteiger partial charge in [-0.1, -0.05) is 6.07 Å². The Balaban J connectivity index is 1.55. The lowest BCUT2D eigenvalue weighted by molar-refractivity contribution is 0.802. The van der Waals surface area contributed by atoms with Gasteiger partial charge in [0.1, 0.15) is 0 Å². The molecule has 3 heterocycles. The molecule has 0 amide bonds. The van der Waals surface area contributed by atoms with E-state index < -0.39 is 0 Å². The zero-order valence-electron chi connectivity index (χ0n) is 12.5. The van der Waals surface area contributed by atoms with Crippen molar-refractivity contribution in [2.75, 3.05) is 13.1 Å². The van der Waals surface area contributed by atoms with E-state index in [1.807, 2.05) is 22.2 Å². The van der Waals surface area contributed by atoms with Gasteiger partial charge >= 0.3 is 0 Å². The predicted molar refractivity (Wildman–Crippen MR) is 93.9 cm³/mol. The summed E-state index contributed by atoms with van der Waals surface area (Å²) in [5.41, 5.74) is 0.988. The Bertz CT molecular complexity index is 698. The second-order valence-electron chi connectivity index (χ2n) is 4.78. The van der Waals surface area contributed by atoms with Gasteiger partial charge in [0, 0.05) is 35.7 Å². The summed E-state index contributed by atoms with van der Waals surface area (Å²) in [6, 6.07) is 4.25. The first-order valence-electron chi connectivity index (χ1n) is 7.31. The number of rotatable bonds is 6. The molecule has 0 radical (unpaired) electrons. The Morgan fingerprint density at radius 1 is 1.32 bits per heavy atom. The average molecular weight is 333 g/mol. The Labute approximate surface area is 137 Å². The normalized spacial score (nSPS) is 12.0. The highest BCUT2D eigenvalue weighted by Gasteiger charge is 2.03. The van der Waals surface area contributed by atoms with Crippen molar-refractivity contribution in [1.29, 1.82) is 0 Å². The molecule has 2 N–H and O–H groups in total. The summed E-state index contributed by atoms with van der Waals surface area (Å²) in [6.07, 6.45) is 5.07. The molecule has 0 fully saturated rings. The largest absolute Gasteiger partial charge is 0.357 e. The molecule has 0 saturated heterocycles. The number of hydrogen-bond acceptors (Lipinski definition) is 4. The number of imidazole rings is 1. The average Bonchev–Trinajstić information content (AvgIpc) is 3.21. The van der Waals surface area contributed by atoms with Crippen molar-refractivity contribution in [3.63, 3.8) is 0 Å². The van der Waals surface area contributed by atoms with Crippen molar-refractivity contribution in [3.05, 3.63) is 45.9 Å². The predicted octanol–water partition coefficient (Wildman–Crippen LogP) is 2.76. The quantitative estimate of drug-likeness (QED) is 0.539. The molecule has 7 heteroatoms. The van der Waals surface area contributed by atoms with Crippen LogP contribution >= 0.6 is 22.7 Å². The van der Waals surface area contributed by atoms with Gasteiger partial charge < -0.3 is 10.6 Å². The van der Waals surface area contributed by atoms with Crippen LogP contribution in [0.25, 0.3) is 4.96 Å². The summed E-state index contributed by atoms with van der Waals surface area (Å²) in [7, 11) is 0. The lowest BCUT2D eigenvalue weighted by Crippen LogP contribution is -2.38. The Morgan fingerprint density at radius 3 is 3.05 bits per heavy atom. The van der Waals surface area contributed by atoms with Gasteiger partial charge in [-0.15, -0.1) is 22.7 Å². The molecule has 0 spiro atoms. The van der Waals surface area contributed by atoms with E-state index in [1.165, 1.54) is 4.88 Å². The molecule has 5 nitrogen and oxygen atoms in total. The van der Waals surface area contributed by atoms with Gasteiger partial charge in [0.2, 0.25) is 0 Å². The minimum Gasteiger partial charge on any atom is -0.357 e. The third kappa shape index (κ3) is 3.86. The standard InChI is InChI=1S/C15H19N5S2/c1-2-16-14(17-6-5-13-4-3-8-21-13)18-10-12-11-20-7-9-22-15(20)19-12/h3-4,7-9,11H,2,5-6,10H2,1H3,(H2,16,17,18). The van der Waals surface area contributed by atoms with Crippen LogP contribution in [0.2, 0.25) is 0 Å². The Morgan fingerprint density at radius 2 is 2.27 bits per heavy atom. The summed E-state index contributed by atoms with van der Waals surface area (Å²) in [5.74, 6) is 0.843. The van der Waals surface area contributed by atoms with Crippen LogP contribution in [0.4, 0.5) is 0 Å². The molecule has 0 aromatic carbocycles. The van der Waals surface area contributed by atoms with E-state index in [1.54, 1.807) is 22.7 Å². The summed E-state index contributed by atoms with van der Waals surface area (Å²) < 4.78 is 2.03. The molecule has 0 aliphatic carbocycles. The zero-order chi connectivity index (χ0) is 15.2. The first-order chi connectivity index (χ1) is 10.8. The maximum atomic E-state index is 4.60. The fourth-order valence-electron chi connectivity index (χ4n) is 2.11. The van der Waals surface area contributed by atoms with Crippen LogP contribution in [-0.2, 0) is 13.0 Å². The molecule has 3 aromatic heterocycles. The summed E-state index contributed by atoms with van der Waals surface area (Å²) in [6.45, 7) is 4.39. The van der Waals surface area contributed by atoms with Crippen LogP contribution in [-0.4, -0.2) is 28.4 Å². The van der Waals surface area contributed by atoms with Gasteiger partial charge in [-0.05, 0) is 24.8 Å². The van der Waals surface area contributed by atoms with Crippen molar-refractivity contribution < 1.29 is 0 Å². The van der Waals surface area contributed by atoms with Gasteiger partial charge in [0.15, 0.2) is 10.9 Å². The minimum atomic E-state index is 0.586. The molecule has 0 saturated carbocycles. The molecule has 0 bridgehead atoms. The fraction of sp³-hybridized carbons (Fsp3) is 0.333. The number of aromatic nitrogens is 2. The third-order valence-electron chi connectivity index (χ3n) is 3.13. The number of fused-ring (bicyclic) bond motifs is 1. The first kappa shape index (κ1) is 15.1. The summed E-state index contributed by atoms with van der Waals surface area (Å²) in [4.78, 5) is 11.6. The highest BCUT2D eigenvalue weighted by Crippen LogP contribution is 2.12. The highest BCUT2D eigenvalue weighted by atomic mass is 32.1. The van der Waals surface area contributed by atoms with Crippen LogP contribution in [0.15, 0.2) is 40.3 Å². The smallest absolute Gasteiger partial charge is 0.193 e. The second kappa shape index (κ2) is 7.42. The molecular formula is C15H19N5S2. The summed E-state index contributed by atoms with van der Waals surface area (Å²) in [5, 5.41) is 10.8. The monoisotopic (exact) mass is 333 g/mol. The van der Waals surface area contributed by atoms with E-state index in [-0.39, 0.29) is 0 Å². The molecule has 0 aliphatic heterocycles. The molecule has 22 heavy (non-hydrogen) atoms. The maximum Gasteiger partial charge on any atom is 0.193 e. The SMILES string of the molecule is CCNC(=NCc1cn2ccsc2n1)NCCc1cccs1. The van der Waals surface area contributed by atoms with Gasteiger partial charge in [-0.25, -0.2) is 9.98 Å². The van der Waals surface area contributed by atoms with Crippen molar-refractivity contribution >= 4 is 33.6 Å². The molecule has 0 aliphatic rings. The van der Waals surface area contributed by atoms with Gasteiger partial charge in [-0.3, -0.25) is 4.40 Å². The van der Waals surface area contributed by atoms with E-state index in [0.29, 0.717) is 6.54 Å². The lowest BCUT2D eigenvalue weighted by Gasteiger charge is -2.10. The fourth-order valence-corrected chi connectivity index (χ4v) is 3.54. The zero-order valence-corrected chi connectivity index (χ0v) is 14.1. The van der Waals surface area contributed by atoms with E-state index in [4.69, 9.17) is 0 Å². The van der Waals surface area contributed by atoms with E-state index in [0.717, 1.165) is 36.1 Å². The maximum absolute atomic E-state index is 4.60.